The molecule has 1 fully saturated rings. The molecular weight excluding hydrogens is 267 g/mol. The largest absolute Gasteiger partial charge is 0.496 e. The fourth-order valence-electron chi connectivity index (χ4n) is 2.15. The van der Waals surface area contributed by atoms with Crippen LogP contribution in [0.3, 0.4) is 0 Å². The van der Waals surface area contributed by atoms with Crippen LogP contribution in [0.5, 0.6) is 0 Å². The van der Waals surface area contributed by atoms with Crippen LogP contribution in [0.25, 0.3) is 11.5 Å². The molecule has 5 nitrogen and oxygen atoms in total. The summed E-state index contributed by atoms with van der Waals surface area (Å²) >= 11 is 0. The molecular formula is C15H19BN2O3. The molecule has 6 heteroatoms. The number of hydrogen-bond acceptors (Lipinski definition) is 5. The molecule has 1 aliphatic heterocycles. The van der Waals surface area contributed by atoms with Crippen molar-refractivity contribution in [2.45, 2.75) is 45.8 Å². The van der Waals surface area contributed by atoms with E-state index in [9.17, 15) is 0 Å². The first kappa shape index (κ1) is 14.3. The summed E-state index contributed by atoms with van der Waals surface area (Å²) in [5, 5.41) is 3.87. The summed E-state index contributed by atoms with van der Waals surface area (Å²) in [6, 6.07) is 5.69. The lowest BCUT2D eigenvalue weighted by Gasteiger charge is -2.32. The van der Waals surface area contributed by atoms with E-state index in [2.05, 4.69) is 10.1 Å². The highest BCUT2D eigenvalue weighted by atomic mass is 16.7. The highest BCUT2D eigenvalue weighted by Gasteiger charge is 2.51. The van der Waals surface area contributed by atoms with Gasteiger partial charge in [0.15, 0.2) is 5.76 Å². The number of aryl methyl sites for hydroxylation is 1. The summed E-state index contributed by atoms with van der Waals surface area (Å²) in [5.74, 6) is 0.660. The third-order valence-corrected chi connectivity index (χ3v) is 4.19. The normalized spacial score (nSPS) is 20.0. The standard InChI is InChI=1S/C15H19BN2O3/c1-10-8-13(19-18-10)12-7-6-11(9-17-12)16-20-14(2,3)15(4,5)21-16/h6-9H,1-5H3. The summed E-state index contributed by atoms with van der Waals surface area (Å²) in [6.07, 6.45) is 1.76. The molecule has 0 N–H and O–H groups in total. The molecule has 1 saturated heterocycles. The maximum Gasteiger partial charge on any atom is 0.496 e. The monoisotopic (exact) mass is 286 g/mol. The maximum absolute atomic E-state index is 6.00. The van der Waals surface area contributed by atoms with Crippen molar-refractivity contribution in [3.8, 4) is 11.5 Å². The van der Waals surface area contributed by atoms with Crippen LogP contribution in [0.4, 0.5) is 0 Å². The lowest BCUT2D eigenvalue weighted by atomic mass is 9.80. The molecule has 0 aromatic carbocycles. The zero-order chi connectivity index (χ0) is 15.3. The number of nitrogens with zero attached hydrogens (tertiary/aromatic N) is 2. The molecule has 110 valence electrons. The summed E-state index contributed by atoms with van der Waals surface area (Å²) in [6.45, 7) is 10.0. The molecule has 3 heterocycles. The van der Waals surface area contributed by atoms with E-state index in [1.807, 2.05) is 52.8 Å². The van der Waals surface area contributed by atoms with Crippen LogP contribution >= 0.6 is 0 Å². The van der Waals surface area contributed by atoms with Crippen molar-refractivity contribution in [3.63, 3.8) is 0 Å². The zero-order valence-electron chi connectivity index (χ0n) is 13.0. The molecule has 1 aliphatic rings. The van der Waals surface area contributed by atoms with Gasteiger partial charge in [0, 0.05) is 17.7 Å². The van der Waals surface area contributed by atoms with Crippen LogP contribution in [-0.2, 0) is 9.31 Å². The van der Waals surface area contributed by atoms with Crippen molar-refractivity contribution in [3.05, 3.63) is 30.1 Å². The quantitative estimate of drug-likeness (QED) is 0.793. The Morgan fingerprint density at radius 3 is 2.19 bits per heavy atom. The molecule has 0 aliphatic carbocycles. The van der Waals surface area contributed by atoms with Gasteiger partial charge in [0.2, 0.25) is 0 Å². The molecule has 0 radical (unpaired) electrons. The van der Waals surface area contributed by atoms with E-state index in [4.69, 9.17) is 13.8 Å². The van der Waals surface area contributed by atoms with Crippen LogP contribution in [-0.4, -0.2) is 28.5 Å². The average Bonchev–Trinajstić information content (AvgIpc) is 2.92. The van der Waals surface area contributed by atoms with E-state index in [1.54, 1.807) is 6.20 Å². The lowest BCUT2D eigenvalue weighted by Crippen LogP contribution is -2.41. The number of pyridine rings is 1. The molecule has 3 rings (SSSR count). The Morgan fingerprint density at radius 2 is 1.71 bits per heavy atom. The second-order valence-electron chi connectivity index (χ2n) is 6.40. The van der Waals surface area contributed by atoms with Crippen LogP contribution in [0.1, 0.15) is 33.4 Å². The molecule has 0 amide bonds. The molecule has 0 bridgehead atoms. The van der Waals surface area contributed by atoms with Gasteiger partial charge in [0.05, 0.1) is 16.9 Å². The first-order valence-electron chi connectivity index (χ1n) is 7.04. The number of hydrogen-bond donors (Lipinski definition) is 0. The Morgan fingerprint density at radius 1 is 1.05 bits per heavy atom. The van der Waals surface area contributed by atoms with Crippen LogP contribution in [0.15, 0.2) is 28.9 Å². The van der Waals surface area contributed by atoms with Crippen molar-refractivity contribution >= 4 is 12.6 Å². The predicted octanol–water partition coefficient (Wildman–Crippen LogP) is 2.34. The Bertz CT molecular complexity index is 633. The van der Waals surface area contributed by atoms with Crippen LogP contribution in [0.2, 0.25) is 0 Å². The van der Waals surface area contributed by atoms with Gasteiger partial charge in [-0.2, -0.15) is 0 Å². The van der Waals surface area contributed by atoms with Gasteiger partial charge in [-0.15, -0.1) is 0 Å². The van der Waals surface area contributed by atoms with Crippen molar-refractivity contribution in [1.82, 2.24) is 10.1 Å². The summed E-state index contributed by atoms with van der Waals surface area (Å²) in [5.41, 5.74) is 1.78. The summed E-state index contributed by atoms with van der Waals surface area (Å²) in [7, 11) is -0.395. The topological polar surface area (TPSA) is 57.4 Å². The van der Waals surface area contributed by atoms with Gasteiger partial charge >= 0.3 is 7.12 Å². The second-order valence-corrected chi connectivity index (χ2v) is 6.40. The maximum atomic E-state index is 6.00. The molecule has 2 aromatic rings. The highest BCUT2D eigenvalue weighted by molar-refractivity contribution is 6.62. The average molecular weight is 286 g/mol. The molecule has 21 heavy (non-hydrogen) atoms. The predicted molar refractivity (Wildman–Crippen MR) is 80.2 cm³/mol. The first-order chi connectivity index (χ1) is 9.78. The first-order valence-corrected chi connectivity index (χ1v) is 7.04. The fraction of sp³-hybridized carbons (Fsp3) is 0.467. The van der Waals surface area contributed by atoms with Gasteiger partial charge in [-0.1, -0.05) is 11.2 Å². The third-order valence-electron chi connectivity index (χ3n) is 4.19. The Hall–Kier alpha value is -1.66. The highest BCUT2D eigenvalue weighted by Crippen LogP contribution is 2.36. The molecule has 0 unspecified atom stereocenters. The minimum absolute atomic E-state index is 0.349. The molecule has 0 saturated carbocycles. The van der Waals surface area contributed by atoms with Gasteiger partial charge in [-0.05, 0) is 40.7 Å². The van der Waals surface area contributed by atoms with E-state index >= 15 is 0 Å². The Kier molecular flexibility index (Phi) is 3.18. The summed E-state index contributed by atoms with van der Waals surface area (Å²) < 4.78 is 17.2. The molecule has 0 spiro atoms. The minimum atomic E-state index is -0.395. The van der Waals surface area contributed by atoms with Gasteiger partial charge in [-0.3, -0.25) is 4.98 Å². The van der Waals surface area contributed by atoms with Gasteiger partial charge in [0.1, 0.15) is 5.69 Å². The van der Waals surface area contributed by atoms with Crippen molar-refractivity contribution in [1.29, 1.82) is 0 Å². The van der Waals surface area contributed by atoms with Gasteiger partial charge in [-0.25, -0.2) is 0 Å². The van der Waals surface area contributed by atoms with E-state index < -0.39 is 7.12 Å². The van der Waals surface area contributed by atoms with Crippen molar-refractivity contribution in [2.75, 3.05) is 0 Å². The number of rotatable bonds is 2. The van der Waals surface area contributed by atoms with E-state index in [0.717, 1.165) is 16.9 Å². The second kappa shape index (κ2) is 4.68. The zero-order valence-corrected chi connectivity index (χ0v) is 13.0. The van der Waals surface area contributed by atoms with Crippen molar-refractivity contribution < 1.29 is 13.8 Å². The van der Waals surface area contributed by atoms with Crippen LogP contribution < -0.4 is 5.46 Å². The third kappa shape index (κ3) is 2.49. The van der Waals surface area contributed by atoms with E-state index in [-0.39, 0.29) is 11.2 Å². The fourth-order valence-corrected chi connectivity index (χ4v) is 2.15. The Labute approximate surface area is 124 Å². The SMILES string of the molecule is Cc1cc(-c2ccc(B3OC(C)(C)C(C)(C)O3)cn2)on1. The summed E-state index contributed by atoms with van der Waals surface area (Å²) in [4.78, 5) is 4.41. The number of aromatic nitrogens is 2. The molecule has 2 aromatic heterocycles. The Balaban J connectivity index is 1.83. The minimum Gasteiger partial charge on any atom is -0.399 e. The molecule has 0 atom stereocenters. The van der Waals surface area contributed by atoms with E-state index in [0.29, 0.717) is 5.76 Å². The van der Waals surface area contributed by atoms with Crippen LogP contribution in [0, 0.1) is 6.92 Å². The smallest absolute Gasteiger partial charge is 0.399 e. The van der Waals surface area contributed by atoms with Crippen molar-refractivity contribution in [2.24, 2.45) is 0 Å². The lowest BCUT2D eigenvalue weighted by molar-refractivity contribution is 0.00578. The van der Waals surface area contributed by atoms with E-state index in [1.165, 1.54) is 0 Å². The van der Waals surface area contributed by atoms with Gasteiger partial charge in [0.25, 0.3) is 0 Å². The van der Waals surface area contributed by atoms with Gasteiger partial charge < -0.3 is 13.8 Å².